The second kappa shape index (κ2) is 9.40. The Kier molecular flexibility index (Phi) is 8.20. The molecule has 0 heterocycles. The van der Waals surface area contributed by atoms with Gasteiger partial charge in [0, 0.05) is 12.6 Å². The van der Waals surface area contributed by atoms with Gasteiger partial charge in [0.1, 0.15) is 5.82 Å². The molecule has 1 saturated carbocycles. The first kappa shape index (κ1) is 20.9. The minimum atomic E-state index is -3.57. The summed E-state index contributed by atoms with van der Waals surface area (Å²) < 4.78 is 39.9. The molecule has 0 spiro atoms. The van der Waals surface area contributed by atoms with E-state index in [1.54, 1.807) is 6.92 Å². The summed E-state index contributed by atoms with van der Waals surface area (Å²) in [5.74, 6) is 0.0295. The van der Waals surface area contributed by atoms with Gasteiger partial charge in [0.05, 0.1) is 18.0 Å². The first-order valence-electron chi connectivity index (χ1n) is 7.71. The fourth-order valence-corrected chi connectivity index (χ4v) is 2.83. The summed E-state index contributed by atoms with van der Waals surface area (Å²) in [5, 5.41) is 6.29. The smallest absolute Gasteiger partial charge is 0.234 e. The molecule has 24 heavy (non-hydrogen) atoms. The standard InChI is InChI=1S/C15H23FN4O2S.HI/c1-3-17-15(19-12-6-7-12)18-8-9-23(21,22)20-13-5-4-11(2)14(16)10-13;/h4-5,10,12,20H,3,6-9H2,1-2H3,(H2,17,18,19);1H. The molecule has 9 heteroatoms. The van der Waals surface area contributed by atoms with Crippen LogP contribution in [0.15, 0.2) is 23.2 Å². The van der Waals surface area contributed by atoms with E-state index in [-0.39, 0.29) is 42.0 Å². The van der Waals surface area contributed by atoms with Crippen LogP contribution in [0.1, 0.15) is 25.3 Å². The fourth-order valence-electron chi connectivity index (χ4n) is 1.91. The molecule has 1 aromatic carbocycles. The molecule has 1 fully saturated rings. The molecule has 3 N–H and O–H groups in total. The number of aryl methyl sites for hydroxylation is 1. The largest absolute Gasteiger partial charge is 0.357 e. The minimum Gasteiger partial charge on any atom is -0.357 e. The number of halogens is 2. The Morgan fingerprint density at radius 3 is 2.67 bits per heavy atom. The lowest BCUT2D eigenvalue weighted by molar-refractivity contribution is 0.600. The summed E-state index contributed by atoms with van der Waals surface area (Å²) in [6, 6.07) is 4.69. The van der Waals surface area contributed by atoms with Crippen LogP contribution in [0.2, 0.25) is 0 Å². The van der Waals surface area contributed by atoms with Crippen molar-refractivity contribution in [2.45, 2.75) is 32.7 Å². The van der Waals surface area contributed by atoms with Gasteiger partial charge in [-0.05, 0) is 44.4 Å². The molecule has 0 atom stereocenters. The SMILES string of the molecule is CCNC(=NCCS(=O)(=O)Nc1ccc(C)c(F)c1)NC1CC1.I. The van der Waals surface area contributed by atoms with Crippen LogP contribution in [0.3, 0.4) is 0 Å². The third kappa shape index (κ3) is 7.20. The molecule has 1 aliphatic carbocycles. The van der Waals surface area contributed by atoms with Gasteiger partial charge in [0.25, 0.3) is 0 Å². The maximum atomic E-state index is 13.5. The van der Waals surface area contributed by atoms with Crippen LogP contribution in [0.5, 0.6) is 0 Å². The van der Waals surface area contributed by atoms with E-state index >= 15 is 0 Å². The molecule has 0 unspecified atom stereocenters. The van der Waals surface area contributed by atoms with Gasteiger partial charge >= 0.3 is 0 Å². The second-order valence-electron chi connectivity index (χ2n) is 5.56. The highest BCUT2D eigenvalue weighted by atomic mass is 127. The van der Waals surface area contributed by atoms with Crippen molar-refractivity contribution in [2.24, 2.45) is 4.99 Å². The zero-order valence-electron chi connectivity index (χ0n) is 13.8. The van der Waals surface area contributed by atoms with E-state index in [9.17, 15) is 12.8 Å². The van der Waals surface area contributed by atoms with Crippen LogP contribution >= 0.6 is 24.0 Å². The van der Waals surface area contributed by atoms with Gasteiger partial charge in [0.15, 0.2) is 5.96 Å². The van der Waals surface area contributed by atoms with E-state index in [0.717, 1.165) is 12.8 Å². The van der Waals surface area contributed by atoms with Crippen molar-refractivity contribution in [3.63, 3.8) is 0 Å². The zero-order valence-corrected chi connectivity index (χ0v) is 16.9. The van der Waals surface area contributed by atoms with Crippen LogP contribution in [-0.4, -0.2) is 39.3 Å². The average molecular weight is 470 g/mol. The summed E-state index contributed by atoms with van der Waals surface area (Å²) in [4.78, 5) is 4.25. The number of anilines is 1. The molecular formula is C15H24FIN4O2S. The molecule has 0 aromatic heterocycles. The Balaban J connectivity index is 0.00000288. The number of guanidine groups is 1. The fraction of sp³-hybridized carbons (Fsp3) is 0.533. The van der Waals surface area contributed by atoms with Gasteiger partial charge < -0.3 is 10.6 Å². The highest BCUT2D eigenvalue weighted by Crippen LogP contribution is 2.18. The van der Waals surface area contributed by atoms with E-state index < -0.39 is 15.8 Å². The molecule has 1 aromatic rings. The van der Waals surface area contributed by atoms with Crippen molar-refractivity contribution in [1.29, 1.82) is 0 Å². The van der Waals surface area contributed by atoms with Crippen molar-refractivity contribution in [3.8, 4) is 0 Å². The molecule has 0 radical (unpaired) electrons. The second-order valence-corrected chi connectivity index (χ2v) is 7.41. The minimum absolute atomic E-state index is 0. The summed E-state index contributed by atoms with van der Waals surface area (Å²) >= 11 is 0. The van der Waals surface area contributed by atoms with Crippen LogP contribution in [0.25, 0.3) is 0 Å². The first-order valence-corrected chi connectivity index (χ1v) is 9.36. The Hall–Kier alpha value is -1.10. The van der Waals surface area contributed by atoms with Crippen molar-refractivity contribution in [3.05, 3.63) is 29.6 Å². The summed E-state index contributed by atoms with van der Waals surface area (Å²) in [6.45, 7) is 4.42. The first-order chi connectivity index (χ1) is 10.9. The van der Waals surface area contributed by atoms with E-state index in [1.165, 1.54) is 18.2 Å². The molecular weight excluding hydrogens is 446 g/mol. The molecule has 0 bridgehead atoms. The monoisotopic (exact) mass is 470 g/mol. The maximum Gasteiger partial charge on any atom is 0.234 e. The Bertz CT molecular complexity index is 678. The summed E-state index contributed by atoms with van der Waals surface area (Å²) in [5.41, 5.74) is 0.694. The van der Waals surface area contributed by atoms with Crippen LogP contribution in [0.4, 0.5) is 10.1 Å². The van der Waals surface area contributed by atoms with Gasteiger partial charge in [-0.3, -0.25) is 9.71 Å². The Morgan fingerprint density at radius 1 is 1.38 bits per heavy atom. The molecule has 0 aliphatic heterocycles. The lowest BCUT2D eigenvalue weighted by Crippen LogP contribution is -2.39. The Morgan fingerprint density at radius 2 is 2.08 bits per heavy atom. The lowest BCUT2D eigenvalue weighted by Gasteiger charge is -2.11. The number of rotatable bonds is 7. The highest BCUT2D eigenvalue weighted by Gasteiger charge is 2.22. The zero-order chi connectivity index (χ0) is 16.9. The third-order valence-electron chi connectivity index (χ3n) is 3.34. The maximum absolute atomic E-state index is 13.5. The summed E-state index contributed by atoms with van der Waals surface area (Å²) in [6.07, 6.45) is 2.23. The number of sulfonamides is 1. The van der Waals surface area contributed by atoms with Crippen molar-refractivity contribution >= 4 is 45.6 Å². The quantitative estimate of drug-likeness (QED) is 0.324. The van der Waals surface area contributed by atoms with Gasteiger partial charge in [-0.25, -0.2) is 12.8 Å². The van der Waals surface area contributed by atoms with Crippen molar-refractivity contribution in [2.75, 3.05) is 23.6 Å². The van der Waals surface area contributed by atoms with Gasteiger partial charge in [-0.15, -0.1) is 24.0 Å². The molecule has 2 rings (SSSR count). The van der Waals surface area contributed by atoms with Crippen molar-refractivity contribution in [1.82, 2.24) is 10.6 Å². The number of hydrogen-bond donors (Lipinski definition) is 3. The predicted molar refractivity (Wildman–Crippen MR) is 106 cm³/mol. The lowest BCUT2D eigenvalue weighted by atomic mass is 10.2. The van der Waals surface area contributed by atoms with Gasteiger partial charge in [0.2, 0.25) is 10.0 Å². The van der Waals surface area contributed by atoms with Gasteiger partial charge in [-0.1, -0.05) is 6.07 Å². The topological polar surface area (TPSA) is 82.6 Å². The predicted octanol–water partition coefficient (Wildman–Crippen LogP) is 2.21. The van der Waals surface area contributed by atoms with Crippen LogP contribution < -0.4 is 15.4 Å². The van der Waals surface area contributed by atoms with E-state index in [2.05, 4.69) is 20.3 Å². The third-order valence-corrected chi connectivity index (χ3v) is 4.60. The van der Waals surface area contributed by atoms with Crippen LogP contribution in [-0.2, 0) is 10.0 Å². The number of nitrogens with one attached hydrogen (secondary N) is 3. The number of nitrogens with zero attached hydrogens (tertiary/aromatic N) is 1. The number of benzene rings is 1. The molecule has 0 amide bonds. The molecule has 136 valence electrons. The molecule has 0 saturated heterocycles. The van der Waals surface area contributed by atoms with Crippen molar-refractivity contribution < 1.29 is 12.8 Å². The number of aliphatic imine (C=N–C) groups is 1. The highest BCUT2D eigenvalue weighted by molar-refractivity contribution is 14.0. The van der Waals surface area contributed by atoms with Crippen LogP contribution in [0, 0.1) is 12.7 Å². The van der Waals surface area contributed by atoms with E-state index in [1.807, 2.05) is 6.92 Å². The molecule has 1 aliphatic rings. The number of hydrogen-bond acceptors (Lipinski definition) is 3. The normalized spacial score (nSPS) is 14.7. The van der Waals surface area contributed by atoms with Gasteiger partial charge in [-0.2, -0.15) is 0 Å². The van der Waals surface area contributed by atoms with E-state index in [0.29, 0.717) is 24.1 Å². The molecule has 6 nitrogen and oxygen atoms in total. The Labute approximate surface area is 159 Å². The summed E-state index contributed by atoms with van der Waals surface area (Å²) in [7, 11) is -3.57. The average Bonchev–Trinajstić information content (AvgIpc) is 3.26. The van der Waals surface area contributed by atoms with E-state index in [4.69, 9.17) is 0 Å².